The maximum absolute atomic E-state index is 10.3. The van der Waals surface area contributed by atoms with E-state index in [1.165, 1.54) is 0 Å². The van der Waals surface area contributed by atoms with Gasteiger partial charge in [0.2, 0.25) is 0 Å². The topological polar surface area (TPSA) is 81.5 Å². The van der Waals surface area contributed by atoms with Gasteiger partial charge in [0.1, 0.15) is 6.61 Å². The predicted molar refractivity (Wildman–Crippen MR) is 78.8 cm³/mol. The van der Waals surface area contributed by atoms with Crippen molar-refractivity contribution in [3.05, 3.63) is 60.2 Å². The van der Waals surface area contributed by atoms with Gasteiger partial charge in [-0.3, -0.25) is 0 Å². The van der Waals surface area contributed by atoms with Crippen LogP contribution < -0.4 is 10.5 Å². The fourth-order valence-corrected chi connectivity index (χ4v) is 1.99. The SMILES string of the molecule is Nc1cc(-c2cccc(OCc3ccccc3)c2O)on1. The number of ether oxygens (including phenoxy) is 1. The summed E-state index contributed by atoms with van der Waals surface area (Å²) in [7, 11) is 0. The Hall–Kier alpha value is -2.95. The largest absolute Gasteiger partial charge is 0.504 e. The first kappa shape index (κ1) is 13.1. The lowest BCUT2D eigenvalue weighted by Crippen LogP contribution is -1.95. The first-order valence-electron chi connectivity index (χ1n) is 6.45. The van der Waals surface area contributed by atoms with Crippen LogP contribution in [0, 0.1) is 0 Å². The van der Waals surface area contributed by atoms with Crippen molar-refractivity contribution in [3.63, 3.8) is 0 Å². The number of hydrogen-bond acceptors (Lipinski definition) is 5. The molecule has 1 aromatic heterocycles. The standard InChI is InChI=1S/C16H14N2O3/c17-15-9-14(21-18-15)12-7-4-8-13(16(12)19)20-10-11-5-2-1-3-6-11/h1-9,19H,10H2,(H2,17,18). The average molecular weight is 282 g/mol. The molecule has 2 aromatic carbocycles. The van der Waals surface area contributed by atoms with E-state index in [4.69, 9.17) is 15.0 Å². The molecule has 0 aliphatic rings. The monoisotopic (exact) mass is 282 g/mol. The van der Waals surface area contributed by atoms with Crippen LogP contribution in [0.25, 0.3) is 11.3 Å². The molecule has 0 atom stereocenters. The van der Waals surface area contributed by atoms with Crippen LogP contribution in [-0.2, 0) is 6.61 Å². The zero-order chi connectivity index (χ0) is 14.7. The van der Waals surface area contributed by atoms with Crippen molar-refractivity contribution in [2.45, 2.75) is 6.61 Å². The minimum atomic E-state index is 0.00424. The van der Waals surface area contributed by atoms with Crippen LogP contribution in [0.1, 0.15) is 5.56 Å². The summed E-state index contributed by atoms with van der Waals surface area (Å²) in [6, 6.07) is 16.5. The Kier molecular flexibility index (Phi) is 3.47. The summed E-state index contributed by atoms with van der Waals surface area (Å²) in [6.07, 6.45) is 0. The van der Waals surface area contributed by atoms with Gasteiger partial charge in [-0.25, -0.2) is 0 Å². The first-order valence-corrected chi connectivity index (χ1v) is 6.45. The molecule has 0 bridgehead atoms. The summed E-state index contributed by atoms with van der Waals surface area (Å²) in [5.41, 5.74) is 7.03. The molecular weight excluding hydrogens is 268 g/mol. The van der Waals surface area contributed by atoms with Crippen molar-refractivity contribution < 1.29 is 14.4 Å². The lowest BCUT2D eigenvalue weighted by atomic mass is 10.1. The fraction of sp³-hybridized carbons (Fsp3) is 0.0625. The van der Waals surface area contributed by atoms with E-state index < -0.39 is 0 Å². The van der Waals surface area contributed by atoms with E-state index in [2.05, 4.69) is 5.16 Å². The van der Waals surface area contributed by atoms with Gasteiger partial charge in [-0.1, -0.05) is 41.6 Å². The third kappa shape index (κ3) is 2.81. The number of anilines is 1. The summed E-state index contributed by atoms with van der Waals surface area (Å²) in [6.45, 7) is 0.371. The Morgan fingerprint density at radius 2 is 1.90 bits per heavy atom. The molecule has 0 fully saturated rings. The molecule has 0 aliphatic heterocycles. The number of aromatic nitrogens is 1. The lowest BCUT2D eigenvalue weighted by molar-refractivity contribution is 0.289. The summed E-state index contributed by atoms with van der Waals surface area (Å²) in [4.78, 5) is 0. The molecule has 0 amide bonds. The van der Waals surface area contributed by atoms with E-state index in [9.17, 15) is 5.11 Å². The first-order chi connectivity index (χ1) is 10.2. The summed E-state index contributed by atoms with van der Waals surface area (Å²) >= 11 is 0. The maximum atomic E-state index is 10.3. The molecule has 3 rings (SSSR count). The van der Waals surface area contributed by atoms with E-state index in [0.29, 0.717) is 23.7 Å². The van der Waals surface area contributed by atoms with Crippen molar-refractivity contribution in [1.82, 2.24) is 5.16 Å². The minimum Gasteiger partial charge on any atom is -0.504 e. The quantitative estimate of drug-likeness (QED) is 0.768. The normalized spacial score (nSPS) is 10.5. The van der Waals surface area contributed by atoms with Crippen molar-refractivity contribution in [3.8, 4) is 22.8 Å². The number of para-hydroxylation sites is 1. The molecule has 0 saturated heterocycles. The van der Waals surface area contributed by atoms with Crippen molar-refractivity contribution in [2.24, 2.45) is 0 Å². The van der Waals surface area contributed by atoms with Gasteiger partial charge in [-0.2, -0.15) is 0 Å². The molecule has 0 radical (unpaired) electrons. The summed E-state index contributed by atoms with van der Waals surface area (Å²) < 4.78 is 10.7. The van der Waals surface area contributed by atoms with Crippen molar-refractivity contribution in [2.75, 3.05) is 5.73 Å². The third-order valence-electron chi connectivity index (χ3n) is 3.03. The van der Waals surface area contributed by atoms with Crippen LogP contribution >= 0.6 is 0 Å². The maximum Gasteiger partial charge on any atom is 0.172 e. The second-order valence-electron chi connectivity index (χ2n) is 4.54. The van der Waals surface area contributed by atoms with Crippen LogP contribution in [0.4, 0.5) is 5.82 Å². The molecule has 106 valence electrons. The van der Waals surface area contributed by atoms with E-state index >= 15 is 0 Å². The molecule has 0 aliphatic carbocycles. The molecule has 21 heavy (non-hydrogen) atoms. The number of nitrogens with two attached hydrogens (primary N) is 1. The average Bonchev–Trinajstić information content (AvgIpc) is 2.94. The Morgan fingerprint density at radius 3 is 2.62 bits per heavy atom. The molecule has 0 spiro atoms. The lowest BCUT2D eigenvalue weighted by Gasteiger charge is -2.10. The van der Waals surface area contributed by atoms with E-state index in [1.807, 2.05) is 30.3 Å². The van der Waals surface area contributed by atoms with Crippen LogP contribution in [0.2, 0.25) is 0 Å². The van der Waals surface area contributed by atoms with Gasteiger partial charge in [0.25, 0.3) is 0 Å². The number of aromatic hydroxyl groups is 1. The highest BCUT2D eigenvalue weighted by molar-refractivity contribution is 5.70. The molecular formula is C16H14N2O3. The minimum absolute atomic E-state index is 0.00424. The highest BCUT2D eigenvalue weighted by Crippen LogP contribution is 2.37. The highest BCUT2D eigenvalue weighted by atomic mass is 16.5. The zero-order valence-electron chi connectivity index (χ0n) is 11.2. The van der Waals surface area contributed by atoms with Crippen LogP contribution in [-0.4, -0.2) is 10.3 Å². The molecule has 3 aromatic rings. The number of hydrogen-bond donors (Lipinski definition) is 2. The van der Waals surface area contributed by atoms with E-state index in [-0.39, 0.29) is 11.6 Å². The Labute approximate surface area is 121 Å². The molecule has 0 unspecified atom stereocenters. The third-order valence-corrected chi connectivity index (χ3v) is 3.03. The van der Waals surface area contributed by atoms with Gasteiger partial charge in [0.15, 0.2) is 23.1 Å². The van der Waals surface area contributed by atoms with Gasteiger partial charge in [0, 0.05) is 6.07 Å². The smallest absolute Gasteiger partial charge is 0.172 e. The summed E-state index contributed by atoms with van der Waals surface area (Å²) in [5, 5.41) is 13.9. The molecule has 5 nitrogen and oxygen atoms in total. The van der Waals surface area contributed by atoms with Crippen molar-refractivity contribution >= 4 is 5.82 Å². The number of rotatable bonds is 4. The Bertz CT molecular complexity index is 738. The Morgan fingerprint density at radius 1 is 1.10 bits per heavy atom. The fourth-order valence-electron chi connectivity index (χ4n) is 1.99. The van der Waals surface area contributed by atoms with Crippen LogP contribution in [0.5, 0.6) is 11.5 Å². The second kappa shape index (κ2) is 5.58. The number of phenolic OH excluding ortho intramolecular Hbond substituents is 1. The van der Waals surface area contributed by atoms with E-state index in [0.717, 1.165) is 5.56 Å². The van der Waals surface area contributed by atoms with Gasteiger partial charge in [0.05, 0.1) is 5.56 Å². The number of nitrogens with zero attached hydrogens (tertiary/aromatic N) is 1. The highest BCUT2D eigenvalue weighted by Gasteiger charge is 2.14. The molecule has 3 N–H and O–H groups in total. The van der Waals surface area contributed by atoms with Crippen LogP contribution in [0.3, 0.4) is 0 Å². The number of nitrogen functional groups attached to an aromatic ring is 1. The molecule has 5 heteroatoms. The van der Waals surface area contributed by atoms with Gasteiger partial charge in [-0.05, 0) is 17.7 Å². The number of phenols is 1. The number of benzene rings is 2. The van der Waals surface area contributed by atoms with Gasteiger partial charge < -0.3 is 20.1 Å². The zero-order valence-corrected chi connectivity index (χ0v) is 11.2. The predicted octanol–water partition coefficient (Wildman–Crippen LogP) is 3.21. The van der Waals surface area contributed by atoms with Gasteiger partial charge in [-0.15, -0.1) is 0 Å². The Balaban J connectivity index is 1.83. The van der Waals surface area contributed by atoms with Crippen LogP contribution in [0.15, 0.2) is 59.1 Å². The van der Waals surface area contributed by atoms with Crippen molar-refractivity contribution in [1.29, 1.82) is 0 Å². The van der Waals surface area contributed by atoms with Gasteiger partial charge >= 0.3 is 0 Å². The molecule has 1 heterocycles. The second-order valence-corrected chi connectivity index (χ2v) is 4.54. The summed E-state index contributed by atoms with van der Waals surface area (Å²) in [5.74, 6) is 1.05. The van der Waals surface area contributed by atoms with E-state index in [1.54, 1.807) is 24.3 Å². The molecule has 0 saturated carbocycles.